The maximum Gasteiger partial charge on any atom is 0.304 e. The first-order valence-electron chi connectivity index (χ1n) is 6.26. The van der Waals surface area contributed by atoms with Gasteiger partial charge in [0.25, 0.3) is 0 Å². The van der Waals surface area contributed by atoms with E-state index in [0.717, 1.165) is 5.69 Å². The lowest BCUT2D eigenvalue weighted by Crippen LogP contribution is -2.11. The van der Waals surface area contributed by atoms with Crippen molar-refractivity contribution in [2.75, 3.05) is 17.6 Å². The molecule has 1 N–H and O–H groups in total. The van der Waals surface area contributed by atoms with Crippen LogP contribution in [0.25, 0.3) is 0 Å². The molecule has 0 amide bonds. The smallest absolute Gasteiger partial charge is 0.304 e. The Morgan fingerprint density at radius 2 is 1.48 bits per heavy atom. The van der Waals surface area contributed by atoms with Crippen LogP contribution in [0.4, 0.5) is 20.9 Å². The molecular weight excluding hydrogens is 293 g/mol. The van der Waals surface area contributed by atoms with Gasteiger partial charge in [-0.25, -0.2) is 0 Å². The number of hydrogen-bond acceptors (Lipinski definition) is 5. The van der Waals surface area contributed by atoms with Gasteiger partial charge in [0.2, 0.25) is 0 Å². The van der Waals surface area contributed by atoms with E-state index in [-0.39, 0.29) is 6.54 Å². The summed E-state index contributed by atoms with van der Waals surface area (Å²) in [4.78, 5) is 0. The second kappa shape index (κ2) is 6.94. The maximum atomic E-state index is 12.3. The Balaban J connectivity index is 1.91. The van der Waals surface area contributed by atoms with Gasteiger partial charge in [0.1, 0.15) is 0 Å². The molecule has 2 rings (SSSR count). The van der Waals surface area contributed by atoms with Crippen LogP contribution in [0.2, 0.25) is 0 Å². The van der Waals surface area contributed by atoms with Gasteiger partial charge >= 0.3 is 10.2 Å². The monoisotopic (exact) mass is 307 g/mol. The third-order valence-electron chi connectivity index (χ3n) is 2.58. The molecule has 0 unspecified atom stereocenters. The minimum atomic E-state index is -4.44. The molecule has 0 fully saturated rings. The summed E-state index contributed by atoms with van der Waals surface area (Å²) >= 11 is 0. The van der Waals surface area contributed by atoms with E-state index in [4.69, 9.17) is 0 Å². The Labute approximate surface area is 122 Å². The van der Waals surface area contributed by atoms with Crippen LogP contribution >= 0.6 is 0 Å². The van der Waals surface area contributed by atoms with Gasteiger partial charge in [0.15, 0.2) is 0 Å². The molecule has 0 heterocycles. The van der Waals surface area contributed by atoms with Crippen LogP contribution in [0.3, 0.4) is 0 Å². The van der Waals surface area contributed by atoms with E-state index in [2.05, 4.69) is 15.5 Å². The average molecular weight is 307 g/mol. The summed E-state index contributed by atoms with van der Waals surface area (Å²) in [6.45, 7) is 0.0176. The van der Waals surface area contributed by atoms with Crippen LogP contribution in [-0.2, 0) is 10.2 Å². The van der Waals surface area contributed by atoms with Crippen LogP contribution in [-0.4, -0.2) is 20.7 Å². The summed E-state index contributed by atoms with van der Waals surface area (Å²) in [6.07, 6.45) is 0. The predicted molar refractivity (Wildman–Crippen MR) is 80.4 cm³/mol. The van der Waals surface area contributed by atoms with Crippen molar-refractivity contribution in [3.8, 4) is 0 Å². The van der Waals surface area contributed by atoms with E-state index in [9.17, 15) is 12.3 Å². The molecule has 7 heteroatoms. The Morgan fingerprint density at radius 1 is 0.905 bits per heavy atom. The first-order valence-corrected chi connectivity index (χ1v) is 7.81. The van der Waals surface area contributed by atoms with Gasteiger partial charge in [-0.05, 0) is 36.4 Å². The Morgan fingerprint density at radius 3 is 2.05 bits per heavy atom. The molecule has 0 saturated heterocycles. The molecule has 2 aromatic rings. The van der Waals surface area contributed by atoms with E-state index in [1.54, 1.807) is 24.3 Å². The summed E-state index contributed by atoms with van der Waals surface area (Å²) in [7, 11) is -4.44. The van der Waals surface area contributed by atoms with Crippen LogP contribution < -0.4 is 5.32 Å². The number of nitrogens with one attached hydrogen (secondary N) is 1. The first-order chi connectivity index (χ1) is 10.0. The number of nitrogens with zero attached hydrogens (tertiary/aromatic N) is 2. The van der Waals surface area contributed by atoms with Crippen LogP contribution in [0, 0.1) is 0 Å². The fourth-order valence-corrected chi connectivity index (χ4v) is 1.92. The van der Waals surface area contributed by atoms with Crippen molar-refractivity contribution in [1.82, 2.24) is 0 Å². The van der Waals surface area contributed by atoms with E-state index in [1.807, 2.05) is 30.3 Å². The molecule has 0 aliphatic rings. The third-order valence-corrected chi connectivity index (χ3v) is 3.27. The number of azo groups is 1. The molecule has 110 valence electrons. The Bertz CT molecular complexity index is 701. The van der Waals surface area contributed by atoms with Crippen LogP contribution in [0.15, 0.2) is 64.8 Å². The largest absolute Gasteiger partial charge is 0.384 e. The van der Waals surface area contributed by atoms with E-state index >= 15 is 0 Å². The number of benzene rings is 2. The zero-order valence-corrected chi connectivity index (χ0v) is 11.9. The topological polar surface area (TPSA) is 70.9 Å². The van der Waals surface area contributed by atoms with Crippen molar-refractivity contribution in [3.63, 3.8) is 0 Å². The van der Waals surface area contributed by atoms with Gasteiger partial charge in [-0.2, -0.15) is 18.6 Å². The van der Waals surface area contributed by atoms with Gasteiger partial charge in [-0.1, -0.05) is 18.2 Å². The summed E-state index contributed by atoms with van der Waals surface area (Å²) in [5, 5.41) is 11.0. The minimum absolute atomic E-state index is 0.0176. The normalized spacial score (nSPS) is 11.7. The van der Waals surface area contributed by atoms with E-state index < -0.39 is 16.0 Å². The number of halogens is 1. The quantitative estimate of drug-likeness (QED) is 0.651. The maximum absolute atomic E-state index is 12.3. The zero-order chi connectivity index (χ0) is 15.1. The lowest BCUT2D eigenvalue weighted by atomic mass is 10.3. The zero-order valence-electron chi connectivity index (χ0n) is 11.1. The Hall–Kier alpha value is -2.28. The fraction of sp³-hybridized carbons (Fsp3) is 0.143. The third kappa shape index (κ3) is 5.70. The highest BCUT2D eigenvalue weighted by atomic mass is 32.3. The van der Waals surface area contributed by atoms with Crippen molar-refractivity contribution in [2.45, 2.75) is 0 Å². The SMILES string of the molecule is O=S(=O)(F)CCNc1ccc(/N=N/c2ccccc2)cc1. The van der Waals surface area contributed by atoms with Crippen LogP contribution in [0.5, 0.6) is 0 Å². The average Bonchev–Trinajstić information content (AvgIpc) is 2.46. The molecule has 0 bridgehead atoms. The van der Waals surface area contributed by atoms with Crippen molar-refractivity contribution in [2.24, 2.45) is 10.2 Å². The van der Waals surface area contributed by atoms with Gasteiger partial charge in [0, 0.05) is 12.2 Å². The van der Waals surface area contributed by atoms with Crippen molar-refractivity contribution < 1.29 is 12.3 Å². The summed E-state index contributed by atoms with van der Waals surface area (Å²) < 4.78 is 33.0. The Kier molecular flexibility index (Phi) is 4.99. The minimum Gasteiger partial charge on any atom is -0.384 e. The molecule has 0 saturated carbocycles. The molecule has 0 aromatic heterocycles. The van der Waals surface area contributed by atoms with Crippen molar-refractivity contribution >= 4 is 27.3 Å². The molecule has 2 aromatic carbocycles. The number of hydrogen-bond donors (Lipinski definition) is 1. The molecule has 0 spiro atoms. The molecular formula is C14H14FN3O2S. The molecule has 0 atom stereocenters. The van der Waals surface area contributed by atoms with Gasteiger partial charge in [-0.3, -0.25) is 0 Å². The lowest BCUT2D eigenvalue weighted by molar-refractivity contribution is 0.552. The highest BCUT2D eigenvalue weighted by Crippen LogP contribution is 2.19. The fourth-order valence-electron chi connectivity index (χ4n) is 1.57. The first kappa shape index (κ1) is 15.1. The van der Waals surface area contributed by atoms with Gasteiger partial charge in [-0.15, -0.1) is 3.89 Å². The highest BCUT2D eigenvalue weighted by molar-refractivity contribution is 7.86. The van der Waals surface area contributed by atoms with E-state index in [0.29, 0.717) is 11.4 Å². The van der Waals surface area contributed by atoms with Gasteiger partial charge in [0.05, 0.1) is 17.1 Å². The number of anilines is 1. The molecule has 0 radical (unpaired) electrons. The van der Waals surface area contributed by atoms with Crippen molar-refractivity contribution in [3.05, 3.63) is 54.6 Å². The summed E-state index contributed by atoms with van der Waals surface area (Å²) in [6, 6.07) is 16.3. The molecule has 0 aliphatic heterocycles. The number of rotatable bonds is 6. The second-order valence-electron chi connectivity index (χ2n) is 4.25. The lowest BCUT2D eigenvalue weighted by Gasteiger charge is -2.04. The molecule has 5 nitrogen and oxygen atoms in total. The second-order valence-corrected chi connectivity index (χ2v) is 5.74. The molecule has 0 aliphatic carbocycles. The predicted octanol–water partition coefficient (Wildman–Crippen LogP) is 3.81. The van der Waals surface area contributed by atoms with Gasteiger partial charge < -0.3 is 5.32 Å². The summed E-state index contributed by atoms with van der Waals surface area (Å²) in [5.41, 5.74) is 2.12. The highest BCUT2D eigenvalue weighted by Gasteiger charge is 2.05. The summed E-state index contributed by atoms with van der Waals surface area (Å²) in [5.74, 6) is -0.553. The van der Waals surface area contributed by atoms with Crippen LogP contribution in [0.1, 0.15) is 0 Å². The molecule has 21 heavy (non-hydrogen) atoms. The standard InChI is InChI=1S/C14H14FN3O2S/c15-21(19,20)11-10-16-12-6-8-14(9-7-12)18-17-13-4-2-1-3-5-13/h1-9,16H,10-11H2/b18-17+. The van der Waals surface area contributed by atoms with E-state index in [1.165, 1.54) is 0 Å². The van der Waals surface area contributed by atoms with Crippen molar-refractivity contribution in [1.29, 1.82) is 0 Å².